The predicted molar refractivity (Wildman–Crippen MR) is 150 cm³/mol. The van der Waals surface area contributed by atoms with Crippen molar-refractivity contribution < 1.29 is 22.7 Å². The van der Waals surface area contributed by atoms with Crippen LogP contribution in [0.25, 0.3) is 0 Å². The minimum Gasteiger partial charge on any atom is -0.463 e. The molecule has 2 amide bonds. The number of piperazine rings is 1. The fourth-order valence-corrected chi connectivity index (χ4v) is 6.39. The lowest BCUT2D eigenvalue weighted by Crippen LogP contribution is -2.53. The lowest BCUT2D eigenvalue weighted by atomic mass is 9.93. The van der Waals surface area contributed by atoms with Crippen LogP contribution in [0, 0.1) is 6.92 Å². The van der Waals surface area contributed by atoms with E-state index < -0.39 is 22.0 Å². The third kappa shape index (κ3) is 6.36. The number of hydrogen-bond donors (Lipinski definition) is 1. The molecule has 2 aromatic carbocycles. The van der Waals surface area contributed by atoms with E-state index in [1.807, 2.05) is 36.1 Å². The molecule has 208 valence electrons. The molecule has 9 nitrogen and oxygen atoms in total. The molecular formula is C28H33ClN4O5S. The quantitative estimate of drug-likeness (QED) is 0.363. The van der Waals surface area contributed by atoms with Crippen molar-refractivity contribution in [1.29, 1.82) is 0 Å². The fraction of sp³-hybridized carbons (Fsp3) is 0.357. The number of nitrogens with one attached hydrogen (secondary N) is 1. The molecule has 0 spiro atoms. The molecule has 0 radical (unpaired) electrons. The van der Waals surface area contributed by atoms with Gasteiger partial charge in [-0.15, -0.1) is 6.58 Å². The van der Waals surface area contributed by atoms with Crippen molar-refractivity contribution in [1.82, 2.24) is 19.4 Å². The number of amides is 2. The van der Waals surface area contributed by atoms with Gasteiger partial charge in [0.1, 0.15) is 0 Å². The van der Waals surface area contributed by atoms with Gasteiger partial charge in [-0.05, 0) is 43.7 Å². The third-order valence-corrected chi connectivity index (χ3v) is 8.94. The molecule has 0 bridgehead atoms. The maximum atomic E-state index is 13.3. The second kappa shape index (κ2) is 12.3. The first-order valence-electron chi connectivity index (χ1n) is 12.8. The molecule has 39 heavy (non-hydrogen) atoms. The normalized spacial score (nSPS) is 19.1. The Morgan fingerprint density at radius 2 is 1.85 bits per heavy atom. The Labute approximate surface area is 234 Å². The maximum absolute atomic E-state index is 13.3. The summed E-state index contributed by atoms with van der Waals surface area (Å²) in [6, 6.07) is 12.7. The summed E-state index contributed by atoms with van der Waals surface area (Å²) in [5.74, 6) is -0.503. The van der Waals surface area contributed by atoms with Crippen molar-refractivity contribution in [2.24, 2.45) is 0 Å². The van der Waals surface area contributed by atoms with Gasteiger partial charge in [0.05, 0.1) is 23.1 Å². The van der Waals surface area contributed by atoms with Gasteiger partial charge in [-0.1, -0.05) is 47.5 Å². The number of halogens is 1. The van der Waals surface area contributed by atoms with Crippen LogP contribution in [0.5, 0.6) is 0 Å². The van der Waals surface area contributed by atoms with Gasteiger partial charge in [0, 0.05) is 50.0 Å². The number of sulfonamides is 1. The van der Waals surface area contributed by atoms with E-state index >= 15 is 0 Å². The Balaban J connectivity index is 1.64. The molecular weight excluding hydrogens is 540 g/mol. The molecule has 11 heteroatoms. The zero-order valence-corrected chi connectivity index (χ0v) is 23.7. The van der Waals surface area contributed by atoms with Crippen LogP contribution in [-0.2, 0) is 19.6 Å². The Morgan fingerprint density at radius 1 is 1.15 bits per heavy atom. The molecule has 1 unspecified atom stereocenters. The zero-order chi connectivity index (χ0) is 28.2. The smallest absolute Gasteiger partial charge is 0.338 e. The number of carbonyl (C=O) groups excluding carboxylic acids is 2. The summed E-state index contributed by atoms with van der Waals surface area (Å²) in [6.45, 7) is 9.51. The second-order valence-electron chi connectivity index (χ2n) is 9.41. The monoisotopic (exact) mass is 572 g/mol. The minimum atomic E-state index is -3.67. The van der Waals surface area contributed by atoms with Gasteiger partial charge in [-0.2, -0.15) is 4.31 Å². The minimum absolute atomic E-state index is 0.187. The van der Waals surface area contributed by atoms with E-state index in [0.29, 0.717) is 29.4 Å². The number of benzene rings is 2. The van der Waals surface area contributed by atoms with Crippen LogP contribution in [-0.4, -0.2) is 80.4 Å². The number of aryl methyl sites for hydroxylation is 1. The highest BCUT2D eigenvalue weighted by atomic mass is 35.5. The summed E-state index contributed by atoms with van der Waals surface area (Å²) in [6.07, 6.45) is 1.60. The van der Waals surface area contributed by atoms with Crippen molar-refractivity contribution in [3.8, 4) is 0 Å². The molecule has 0 aliphatic carbocycles. The summed E-state index contributed by atoms with van der Waals surface area (Å²) in [5.41, 5.74) is 2.66. The van der Waals surface area contributed by atoms with Crippen LogP contribution in [0.1, 0.15) is 24.1 Å². The lowest BCUT2D eigenvalue weighted by Gasteiger charge is -2.40. The SMILES string of the molecule is C=CCN1C(=O)NC(c2cccc(C)c2)C(C(=O)OCC)=C1CN1CCN(S(=O)(=O)c2ccc(Cl)cc2)CC1. The third-order valence-electron chi connectivity index (χ3n) is 6.78. The highest BCUT2D eigenvalue weighted by Gasteiger charge is 2.39. The Hall–Kier alpha value is -3.18. The van der Waals surface area contributed by atoms with Gasteiger partial charge >= 0.3 is 12.0 Å². The van der Waals surface area contributed by atoms with Crippen LogP contribution in [0.4, 0.5) is 4.79 Å². The topological polar surface area (TPSA) is 99.3 Å². The Morgan fingerprint density at radius 3 is 2.46 bits per heavy atom. The number of hydrogen-bond acceptors (Lipinski definition) is 6. The molecule has 1 atom stereocenters. The molecule has 0 aromatic heterocycles. The van der Waals surface area contributed by atoms with Crippen molar-refractivity contribution in [2.45, 2.75) is 24.8 Å². The first-order chi connectivity index (χ1) is 18.6. The van der Waals surface area contributed by atoms with Crippen molar-refractivity contribution in [3.63, 3.8) is 0 Å². The number of urea groups is 1. The molecule has 1 fully saturated rings. The van der Waals surface area contributed by atoms with E-state index in [1.54, 1.807) is 25.1 Å². The van der Waals surface area contributed by atoms with Crippen molar-refractivity contribution >= 4 is 33.6 Å². The summed E-state index contributed by atoms with van der Waals surface area (Å²) in [4.78, 5) is 30.3. The molecule has 2 aliphatic heterocycles. The van der Waals surface area contributed by atoms with E-state index in [0.717, 1.165) is 11.1 Å². The number of nitrogens with zero attached hydrogens (tertiary/aromatic N) is 3. The number of carbonyl (C=O) groups is 2. The van der Waals surface area contributed by atoms with Gasteiger partial charge in [0.2, 0.25) is 10.0 Å². The van der Waals surface area contributed by atoms with Crippen LogP contribution >= 0.6 is 11.6 Å². The predicted octanol–water partition coefficient (Wildman–Crippen LogP) is 3.72. The molecule has 4 rings (SSSR count). The van der Waals surface area contributed by atoms with E-state index in [9.17, 15) is 18.0 Å². The fourth-order valence-electron chi connectivity index (χ4n) is 4.84. The van der Waals surface area contributed by atoms with E-state index in [2.05, 4.69) is 11.9 Å². The van der Waals surface area contributed by atoms with Gasteiger partial charge in [0.15, 0.2) is 0 Å². The molecule has 2 aliphatic rings. The van der Waals surface area contributed by atoms with Crippen LogP contribution in [0.2, 0.25) is 5.02 Å². The highest BCUT2D eigenvalue weighted by molar-refractivity contribution is 7.89. The van der Waals surface area contributed by atoms with E-state index in [1.165, 1.54) is 21.3 Å². The van der Waals surface area contributed by atoms with Crippen LogP contribution < -0.4 is 5.32 Å². The number of esters is 1. The first kappa shape index (κ1) is 28.8. The van der Waals surface area contributed by atoms with Gasteiger partial charge in [-0.25, -0.2) is 18.0 Å². The second-order valence-corrected chi connectivity index (χ2v) is 11.8. The molecule has 2 aromatic rings. The van der Waals surface area contributed by atoms with Crippen molar-refractivity contribution in [2.75, 3.05) is 45.9 Å². The largest absolute Gasteiger partial charge is 0.463 e. The summed E-state index contributed by atoms with van der Waals surface area (Å²) in [7, 11) is -3.67. The van der Waals surface area contributed by atoms with E-state index in [4.69, 9.17) is 16.3 Å². The highest BCUT2D eigenvalue weighted by Crippen LogP contribution is 2.33. The summed E-state index contributed by atoms with van der Waals surface area (Å²) in [5, 5.41) is 3.43. The van der Waals surface area contributed by atoms with Gasteiger partial charge < -0.3 is 10.1 Å². The molecule has 0 saturated carbocycles. The molecule has 1 saturated heterocycles. The zero-order valence-electron chi connectivity index (χ0n) is 22.1. The lowest BCUT2D eigenvalue weighted by molar-refractivity contribution is -0.139. The Bertz CT molecular complexity index is 1370. The Kier molecular flexibility index (Phi) is 9.12. The van der Waals surface area contributed by atoms with Crippen molar-refractivity contribution in [3.05, 3.63) is 88.6 Å². The van der Waals surface area contributed by atoms with Crippen LogP contribution in [0.15, 0.2) is 77.4 Å². The standard InChI is InChI=1S/C28H33ClN4O5S/c1-4-13-33-24(19-31-14-16-32(17-15-31)39(36,37)23-11-9-22(29)10-12-23)25(27(34)38-5-2)26(30-28(33)35)21-8-6-7-20(3)18-21/h4,6-12,18,26H,1,5,13-17,19H2,2-3H3,(H,30,35). The van der Waals surface area contributed by atoms with Crippen LogP contribution in [0.3, 0.4) is 0 Å². The number of ether oxygens (including phenoxy) is 1. The molecule has 2 heterocycles. The van der Waals surface area contributed by atoms with Gasteiger partial charge in [-0.3, -0.25) is 9.80 Å². The number of rotatable bonds is 9. The average Bonchev–Trinajstić information content (AvgIpc) is 2.91. The molecule has 1 N–H and O–H groups in total. The maximum Gasteiger partial charge on any atom is 0.338 e. The van der Waals surface area contributed by atoms with Gasteiger partial charge in [0.25, 0.3) is 0 Å². The summed E-state index contributed by atoms with van der Waals surface area (Å²) < 4.78 is 33.2. The summed E-state index contributed by atoms with van der Waals surface area (Å²) >= 11 is 5.92. The van der Waals surface area contributed by atoms with E-state index in [-0.39, 0.29) is 43.7 Å². The average molecular weight is 573 g/mol. The first-order valence-corrected chi connectivity index (χ1v) is 14.6.